The van der Waals surface area contributed by atoms with E-state index in [0.29, 0.717) is 6.54 Å². The van der Waals surface area contributed by atoms with E-state index in [1.165, 1.54) is 0 Å². The molecule has 1 aromatic carbocycles. The lowest BCUT2D eigenvalue weighted by Crippen LogP contribution is -2.40. The van der Waals surface area contributed by atoms with Crippen LogP contribution in [0.1, 0.15) is 31.4 Å². The minimum atomic E-state index is -0.719. The Morgan fingerprint density at radius 1 is 1.30 bits per heavy atom. The lowest BCUT2D eigenvalue weighted by Gasteiger charge is -2.25. The summed E-state index contributed by atoms with van der Waals surface area (Å²) in [5.41, 5.74) is 0.865. The van der Waals surface area contributed by atoms with Gasteiger partial charge in [0.2, 0.25) is 0 Å². The number of rotatable bonds is 3. The molecular weight excluding hydrogens is 254 g/mol. The Morgan fingerprint density at radius 3 is 2.95 bits per heavy atom. The maximum Gasteiger partial charge on any atom is 0.320 e. The van der Waals surface area contributed by atoms with Crippen LogP contribution in [0.2, 0.25) is 0 Å². The fourth-order valence-electron chi connectivity index (χ4n) is 2.95. The first kappa shape index (κ1) is 13.2. The molecule has 1 saturated heterocycles. The highest BCUT2D eigenvalue weighted by molar-refractivity contribution is 5.77. The molecular formula is C16H19NO3. The summed E-state index contributed by atoms with van der Waals surface area (Å²) in [4.78, 5) is 13.4. The monoisotopic (exact) mass is 273 g/mol. The molecule has 20 heavy (non-hydrogen) atoms. The van der Waals surface area contributed by atoms with Gasteiger partial charge >= 0.3 is 5.97 Å². The standard InChI is InChI=1S/C16H19NO3/c18-16(19)14-7-2-1-5-9-17(14)11-13-10-12-6-3-4-8-15(12)20-13/h3-4,6,8,10,14H,1-2,5,7,9,11H2,(H,18,19). The van der Waals surface area contributed by atoms with Crippen LogP contribution in [0.15, 0.2) is 34.7 Å². The third-order valence-electron chi connectivity index (χ3n) is 3.98. The topological polar surface area (TPSA) is 53.7 Å². The Balaban J connectivity index is 1.81. The van der Waals surface area contributed by atoms with Gasteiger partial charge in [0.25, 0.3) is 0 Å². The van der Waals surface area contributed by atoms with E-state index < -0.39 is 5.97 Å². The first-order valence-electron chi connectivity index (χ1n) is 7.18. The second-order valence-electron chi connectivity index (χ2n) is 5.42. The van der Waals surface area contributed by atoms with E-state index >= 15 is 0 Å². The zero-order valence-electron chi connectivity index (χ0n) is 11.4. The third kappa shape index (κ3) is 2.70. The van der Waals surface area contributed by atoms with Crippen molar-refractivity contribution in [3.8, 4) is 0 Å². The Hall–Kier alpha value is -1.81. The van der Waals surface area contributed by atoms with Crippen molar-refractivity contribution in [2.24, 2.45) is 0 Å². The second kappa shape index (κ2) is 5.67. The molecule has 0 aliphatic carbocycles. The Labute approximate surface area is 118 Å². The van der Waals surface area contributed by atoms with Crippen LogP contribution in [-0.4, -0.2) is 28.6 Å². The highest BCUT2D eigenvalue weighted by Gasteiger charge is 2.27. The van der Waals surface area contributed by atoms with Crippen molar-refractivity contribution in [1.82, 2.24) is 4.90 Å². The molecule has 0 amide bonds. The molecule has 1 atom stereocenters. The Morgan fingerprint density at radius 2 is 2.15 bits per heavy atom. The lowest BCUT2D eigenvalue weighted by atomic mass is 10.1. The molecule has 0 spiro atoms. The van der Waals surface area contributed by atoms with E-state index in [1.807, 2.05) is 35.2 Å². The van der Waals surface area contributed by atoms with Crippen molar-refractivity contribution in [1.29, 1.82) is 0 Å². The number of carboxylic acids is 1. The van der Waals surface area contributed by atoms with Gasteiger partial charge in [-0.3, -0.25) is 9.69 Å². The van der Waals surface area contributed by atoms with Crippen LogP contribution in [0, 0.1) is 0 Å². The number of fused-ring (bicyclic) bond motifs is 1. The maximum atomic E-state index is 11.4. The molecule has 2 aromatic rings. The highest BCUT2D eigenvalue weighted by Crippen LogP contribution is 2.23. The van der Waals surface area contributed by atoms with Crippen molar-refractivity contribution in [2.75, 3.05) is 6.54 Å². The van der Waals surface area contributed by atoms with E-state index in [9.17, 15) is 9.90 Å². The Bertz CT molecular complexity index is 572. The second-order valence-corrected chi connectivity index (χ2v) is 5.42. The van der Waals surface area contributed by atoms with Gasteiger partial charge in [0.1, 0.15) is 17.4 Å². The number of aliphatic carboxylic acids is 1. The SMILES string of the molecule is O=C(O)C1CCCCCN1Cc1cc2ccccc2o1. The molecule has 2 heterocycles. The van der Waals surface area contributed by atoms with E-state index in [-0.39, 0.29) is 6.04 Å². The minimum absolute atomic E-state index is 0.384. The summed E-state index contributed by atoms with van der Waals surface area (Å²) in [6.07, 6.45) is 3.90. The summed E-state index contributed by atoms with van der Waals surface area (Å²) in [5.74, 6) is 0.127. The zero-order chi connectivity index (χ0) is 13.9. The predicted octanol–water partition coefficient (Wildman–Crippen LogP) is 3.26. The number of nitrogens with zero attached hydrogens (tertiary/aromatic N) is 1. The third-order valence-corrected chi connectivity index (χ3v) is 3.98. The highest BCUT2D eigenvalue weighted by atomic mass is 16.4. The van der Waals surface area contributed by atoms with Crippen LogP contribution in [0.4, 0.5) is 0 Å². The fraction of sp³-hybridized carbons (Fsp3) is 0.438. The van der Waals surface area contributed by atoms with Gasteiger partial charge in [-0.1, -0.05) is 31.0 Å². The maximum absolute atomic E-state index is 11.4. The quantitative estimate of drug-likeness (QED) is 0.932. The molecule has 1 aliphatic rings. The molecule has 1 fully saturated rings. The van der Waals surface area contributed by atoms with Crippen LogP contribution in [-0.2, 0) is 11.3 Å². The normalized spacial score (nSPS) is 20.9. The molecule has 0 radical (unpaired) electrons. The van der Waals surface area contributed by atoms with Gasteiger partial charge in [-0.25, -0.2) is 0 Å². The molecule has 1 N–H and O–H groups in total. The first-order valence-corrected chi connectivity index (χ1v) is 7.18. The van der Waals surface area contributed by atoms with Gasteiger partial charge < -0.3 is 9.52 Å². The summed E-state index contributed by atoms with van der Waals surface area (Å²) in [7, 11) is 0. The van der Waals surface area contributed by atoms with Crippen molar-refractivity contribution in [3.05, 3.63) is 36.1 Å². The lowest BCUT2D eigenvalue weighted by molar-refractivity contribution is -0.143. The molecule has 106 valence electrons. The van der Waals surface area contributed by atoms with Crippen LogP contribution in [0.25, 0.3) is 11.0 Å². The minimum Gasteiger partial charge on any atom is -0.480 e. The largest absolute Gasteiger partial charge is 0.480 e. The van der Waals surface area contributed by atoms with Gasteiger partial charge in [-0.05, 0) is 31.5 Å². The molecule has 4 heteroatoms. The van der Waals surface area contributed by atoms with Crippen molar-refractivity contribution < 1.29 is 14.3 Å². The summed E-state index contributed by atoms with van der Waals surface area (Å²) in [6.45, 7) is 1.40. The van der Waals surface area contributed by atoms with Gasteiger partial charge in [-0.2, -0.15) is 0 Å². The molecule has 1 aliphatic heterocycles. The van der Waals surface area contributed by atoms with Crippen LogP contribution in [0.3, 0.4) is 0 Å². The van der Waals surface area contributed by atoms with E-state index in [0.717, 1.165) is 49.0 Å². The number of likely N-dealkylation sites (tertiary alicyclic amines) is 1. The van der Waals surface area contributed by atoms with Crippen LogP contribution < -0.4 is 0 Å². The van der Waals surface area contributed by atoms with Crippen molar-refractivity contribution in [2.45, 2.75) is 38.3 Å². The average Bonchev–Trinajstić information content (AvgIpc) is 2.68. The van der Waals surface area contributed by atoms with Crippen LogP contribution in [0.5, 0.6) is 0 Å². The number of furan rings is 1. The van der Waals surface area contributed by atoms with Gasteiger partial charge in [0.05, 0.1) is 6.54 Å². The van der Waals surface area contributed by atoms with E-state index in [2.05, 4.69) is 0 Å². The number of carbonyl (C=O) groups is 1. The van der Waals surface area contributed by atoms with E-state index in [1.54, 1.807) is 0 Å². The van der Waals surface area contributed by atoms with Crippen molar-refractivity contribution in [3.63, 3.8) is 0 Å². The molecule has 1 aromatic heterocycles. The molecule has 1 unspecified atom stereocenters. The van der Waals surface area contributed by atoms with Gasteiger partial charge in [0, 0.05) is 5.39 Å². The van der Waals surface area contributed by atoms with E-state index in [4.69, 9.17) is 4.42 Å². The van der Waals surface area contributed by atoms with Gasteiger partial charge in [0.15, 0.2) is 0 Å². The van der Waals surface area contributed by atoms with Crippen molar-refractivity contribution >= 4 is 16.9 Å². The molecule has 3 rings (SSSR count). The summed E-state index contributed by atoms with van der Waals surface area (Å²) in [6, 6.07) is 9.51. The number of benzene rings is 1. The number of hydrogen-bond acceptors (Lipinski definition) is 3. The Kier molecular flexibility index (Phi) is 3.74. The number of carboxylic acid groups (broad SMARTS) is 1. The zero-order valence-corrected chi connectivity index (χ0v) is 11.4. The predicted molar refractivity (Wildman–Crippen MR) is 76.5 cm³/mol. The van der Waals surface area contributed by atoms with Crippen LogP contribution >= 0.6 is 0 Å². The number of para-hydroxylation sites is 1. The summed E-state index contributed by atoms with van der Waals surface area (Å²) < 4.78 is 5.81. The summed E-state index contributed by atoms with van der Waals surface area (Å²) in [5, 5.41) is 10.5. The summed E-state index contributed by atoms with van der Waals surface area (Å²) >= 11 is 0. The average molecular weight is 273 g/mol. The molecule has 4 nitrogen and oxygen atoms in total. The fourth-order valence-corrected chi connectivity index (χ4v) is 2.95. The first-order chi connectivity index (χ1) is 9.74. The molecule has 0 saturated carbocycles. The smallest absolute Gasteiger partial charge is 0.320 e. The molecule has 0 bridgehead atoms. The van der Waals surface area contributed by atoms with Gasteiger partial charge in [-0.15, -0.1) is 0 Å². The number of hydrogen-bond donors (Lipinski definition) is 1.